The SMILES string of the molecule is OCCCC1CC12CCCNC2. The highest BCUT2D eigenvalue weighted by Gasteiger charge is 2.52. The normalized spacial score (nSPS) is 40.2. The highest BCUT2D eigenvalue weighted by Crippen LogP contribution is 2.58. The summed E-state index contributed by atoms with van der Waals surface area (Å²) in [6.45, 7) is 2.83. The first-order valence-corrected chi connectivity index (χ1v) is 5.19. The molecule has 1 saturated carbocycles. The number of piperidine rings is 1. The van der Waals surface area contributed by atoms with Crippen LogP contribution in [0.15, 0.2) is 0 Å². The molecule has 1 heterocycles. The van der Waals surface area contributed by atoms with Crippen molar-refractivity contribution in [1.82, 2.24) is 5.32 Å². The Kier molecular flexibility index (Phi) is 2.37. The van der Waals surface area contributed by atoms with E-state index in [4.69, 9.17) is 5.11 Å². The molecule has 1 saturated heterocycles. The van der Waals surface area contributed by atoms with Crippen LogP contribution in [-0.4, -0.2) is 24.8 Å². The zero-order chi connectivity index (χ0) is 8.44. The monoisotopic (exact) mass is 169 g/mol. The Hall–Kier alpha value is -0.0800. The van der Waals surface area contributed by atoms with Crippen LogP contribution in [0.3, 0.4) is 0 Å². The van der Waals surface area contributed by atoms with Gasteiger partial charge in [-0.25, -0.2) is 0 Å². The number of hydrogen-bond donors (Lipinski definition) is 2. The van der Waals surface area contributed by atoms with E-state index < -0.39 is 0 Å². The van der Waals surface area contributed by atoms with Crippen LogP contribution in [0.25, 0.3) is 0 Å². The molecular weight excluding hydrogens is 150 g/mol. The van der Waals surface area contributed by atoms with Crippen molar-refractivity contribution in [3.05, 3.63) is 0 Å². The Morgan fingerprint density at radius 1 is 1.50 bits per heavy atom. The van der Waals surface area contributed by atoms with Gasteiger partial charge in [0.15, 0.2) is 0 Å². The second-order valence-corrected chi connectivity index (χ2v) is 4.41. The molecular formula is C10H19NO. The van der Waals surface area contributed by atoms with Gasteiger partial charge in [-0.1, -0.05) is 0 Å². The van der Waals surface area contributed by atoms with E-state index in [-0.39, 0.29) is 0 Å². The minimum Gasteiger partial charge on any atom is -0.396 e. The van der Waals surface area contributed by atoms with Gasteiger partial charge in [0.05, 0.1) is 0 Å². The molecule has 0 bridgehead atoms. The molecule has 0 aromatic carbocycles. The first kappa shape index (κ1) is 8.52. The van der Waals surface area contributed by atoms with Crippen LogP contribution in [0.2, 0.25) is 0 Å². The van der Waals surface area contributed by atoms with E-state index in [9.17, 15) is 0 Å². The van der Waals surface area contributed by atoms with Gasteiger partial charge >= 0.3 is 0 Å². The largest absolute Gasteiger partial charge is 0.396 e. The first-order valence-electron chi connectivity index (χ1n) is 5.19. The fourth-order valence-corrected chi connectivity index (χ4v) is 2.69. The van der Waals surface area contributed by atoms with Gasteiger partial charge in [-0.15, -0.1) is 0 Å². The van der Waals surface area contributed by atoms with E-state index in [0.717, 1.165) is 12.3 Å². The molecule has 2 atom stereocenters. The van der Waals surface area contributed by atoms with Crippen molar-refractivity contribution in [2.45, 2.75) is 32.1 Å². The van der Waals surface area contributed by atoms with Crippen molar-refractivity contribution in [2.75, 3.05) is 19.7 Å². The summed E-state index contributed by atoms with van der Waals surface area (Å²) in [6, 6.07) is 0. The van der Waals surface area contributed by atoms with E-state index in [0.29, 0.717) is 12.0 Å². The van der Waals surface area contributed by atoms with Crippen LogP contribution >= 0.6 is 0 Å². The van der Waals surface area contributed by atoms with E-state index in [1.54, 1.807) is 0 Å². The lowest BCUT2D eigenvalue weighted by Crippen LogP contribution is -2.32. The lowest BCUT2D eigenvalue weighted by atomic mass is 9.92. The fraction of sp³-hybridized carbons (Fsp3) is 1.00. The Labute approximate surface area is 74.4 Å². The van der Waals surface area contributed by atoms with Crippen molar-refractivity contribution in [3.63, 3.8) is 0 Å². The average Bonchev–Trinajstić information content (AvgIpc) is 2.77. The maximum Gasteiger partial charge on any atom is 0.0431 e. The molecule has 1 aliphatic heterocycles. The quantitative estimate of drug-likeness (QED) is 0.664. The van der Waals surface area contributed by atoms with Crippen LogP contribution in [0.5, 0.6) is 0 Å². The molecule has 12 heavy (non-hydrogen) atoms. The number of hydrogen-bond acceptors (Lipinski definition) is 2. The third-order valence-electron chi connectivity index (χ3n) is 3.57. The van der Waals surface area contributed by atoms with E-state index in [1.807, 2.05) is 0 Å². The molecule has 0 radical (unpaired) electrons. The lowest BCUT2D eigenvalue weighted by Gasteiger charge is -2.23. The predicted octanol–water partition coefficient (Wildman–Crippen LogP) is 1.15. The molecule has 1 aliphatic carbocycles. The summed E-state index contributed by atoms with van der Waals surface area (Å²) < 4.78 is 0. The maximum atomic E-state index is 8.71. The standard InChI is InChI=1S/C10H19NO/c12-6-1-3-9-7-10(9)4-2-5-11-8-10/h9,11-12H,1-8H2. The second kappa shape index (κ2) is 3.35. The van der Waals surface area contributed by atoms with Gasteiger partial charge in [0.1, 0.15) is 0 Å². The predicted molar refractivity (Wildman–Crippen MR) is 49.0 cm³/mol. The van der Waals surface area contributed by atoms with Crippen molar-refractivity contribution in [2.24, 2.45) is 11.3 Å². The summed E-state index contributed by atoms with van der Waals surface area (Å²) in [7, 11) is 0. The highest BCUT2D eigenvalue weighted by molar-refractivity contribution is 5.04. The number of aliphatic hydroxyl groups excluding tert-OH is 1. The van der Waals surface area contributed by atoms with Crippen molar-refractivity contribution in [3.8, 4) is 0 Å². The molecule has 1 spiro atoms. The molecule has 0 aromatic heterocycles. The van der Waals surface area contributed by atoms with Crippen molar-refractivity contribution in [1.29, 1.82) is 0 Å². The Bertz CT molecular complexity index is 150. The fourth-order valence-electron chi connectivity index (χ4n) is 2.69. The van der Waals surface area contributed by atoms with Crippen molar-refractivity contribution < 1.29 is 5.11 Å². The molecule has 2 unspecified atom stereocenters. The Balaban J connectivity index is 1.75. The summed E-state index contributed by atoms with van der Waals surface area (Å²) in [4.78, 5) is 0. The van der Waals surface area contributed by atoms with Gasteiger partial charge in [-0.2, -0.15) is 0 Å². The summed E-state index contributed by atoms with van der Waals surface area (Å²) in [5.41, 5.74) is 0.674. The van der Waals surface area contributed by atoms with Crippen LogP contribution < -0.4 is 5.32 Å². The van der Waals surface area contributed by atoms with E-state index >= 15 is 0 Å². The van der Waals surface area contributed by atoms with Gasteiger partial charge in [0.25, 0.3) is 0 Å². The van der Waals surface area contributed by atoms with Gasteiger partial charge in [0.2, 0.25) is 0 Å². The van der Waals surface area contributed by atoms with Gasteiger partial charge in [0, 0.05) is 13.2 Å². The zero-order valence-corrected chi connectivity index (χ0v) is 7.68. The molecule has 2 aliphatic rings. The average molecular weight is 169 g/mol. The zero-order valence-electron chi connectivity index (χ0n) is 7.68. The molecule has 2 nitrogen and oxygen atoms in total. The first-order chi connectivity index (χ1) is 5.87. The third-order valence-corrected chi connectivity index (χ3v) is 3.57. The molecule has 2 rings (SSSR count). The summed E-state index contributed by atoms with van der Waals surface area (Å²) in [5.74, 6) is 0.928. The van der Waals surface area contributed by atoms with Crippen LogP contribution in [0.1, 0.15) is 32.1 Å². The molecule has 0 amide bonds. The van der Waals surface area contributed by atoms with Gasteiger partial charge in [-0.3, -0.25) is 0 Å². The van der Waals surface area contributed by atoms with Crippen LogP contribution in [-0.2, 0) is 0 Å². The van der Waals surface area contributed by atoms with Gasteiger partial charge in [-0.05, 0) is 50.0 Å². The molecule has 2 fully saturated rings. The number of aliphatic hydroxyl groups is 1. The highest BCUT2D eigenvalue weighted by atomic mass is 16.2. The van der Waals surface area contributed by atoms with Crippen LogP contribution in [0, 0.1) is 11.3 Å². The molecule has 2 heteroatoms. The smallest absolute Gasteiger partial charge is 0.0431 e. The van der Waals surface area contributed by atoms with Crippen LogP contribution in [0.4, 0.5) is 0 Å². The maximum absolute atomic E-state index is 8.71. The molecule has 0 aromatic rings. The number of nitrogens with one attached hydrogen (secondary N) is 1. The third kappa shape index (κ3) is 1.50. The second-order valence-electron chi connectivity index (χ2n) is 4.41. The van der Waals surface area contributed by atoms with Gasteiger partial charge < -0.3 is 10.4 Å². The Morgan fingerprint density at radius 2 is 2.42 bits per heavy atom. The molecule has 2 N–H and O–H groups in total. The van der Waals surface area contributed by atoms with E-state index in [2.05, 4.69) is 5.32 Å². The summed E-state index contributed by atoms with van der Waals surface area (Å²) in [5, 5.41) is 12.2. The Morgan fingerprint density at radius 3 is 3.08 bits per heavy atom. The summed E-state index contributed by atoms with van der Waals surface area (Å²) in [6.07, 6.45) is 6.45. The van der Waals surface area contributed by atoms with Crippen molar-refractivity contribution >= 4 is 0 Å². The minimum atomic E-state index is 0.375. The summed E-state index contributed by atoms with van der Waals surface area (Å²) >= 11 is 0. The minimum absolute atomic E-state index is 0.375. The molecule has 70 valence electrons. The van der Waals surface area contributed by atoms with E-state index in [1.165, 1.54) is 38.8 Å². The topological polar surface area (TPSA) is 32.3 Å². The number of rotatable bonds is 3. The lowest BCUT2D eigenvalue weighted by molar-refractivity contribution is 0.267.